The van der Waals surface area contributed by atoms with Gasteiger partial charge in [0.1, 0.15) is 12.0 Å². The number of aryl methyl sites for hydroxylation is 1. The summed E-state index contributed by atoms with van der Waals surface area (Å²) in [6.07, 6.45) is 4.36. The lowest BCUT2D eigenvalue weighted by Gasteiger charge is -2.05. The fourth-order valence-corrected chi connectivity index (χ4v) is 1.59. The molecule has 9 heteroatoms. The van der Waals surface area contributed by atoms with E-state index in [0.29, 0.717) is 0 Å². The molecule has 0 aliphatic carbocycles. The average Bonchev–Trinajstić information content (AvgIpc) is 2.82. The molecule has 0 spiro atoms. The minimum absolute atomic E-state index is 0.0249. The van der Waals surface area contributed by atoms with Gasteiger partial charge in [-0.3, -0.25) is 19.6 Å². The van der Waals surface area contributed by atoms with Gasteiger partial charge in [0.15, 0.2) is 0 Å². The zero-order chi connectivity index (χ0) is 14.7. The van der Waals surface area contributed by atoms with Crippen molar-refractivity contribution in [3.63, 3.8) is 0 Å². The van der Waals surface area contributed by atoms with E-state index in [0.717, 1.165) is 17.8 Å². The maximum absolute atomic E-state index is 11.9. The number of rotatable bonds is 4. The second-order valence-corrected chi connectivity index (χ2v) is 4.09. The lowest BCUT2D eigenvalue weighted by molar-refractivity contribution is -0.385. The van der Waals surface area contributed by atoms with Crippen molar-refractivity contribution in [2.24, 2.45) is 7.05 Å². The number of nitrogens with one attached hydrogen (secondary N) is 1. The van der Waals surface area contributed by atoms with Crippen molar-refractivity contribution in [1.29, 1.82) is 0 Å². The van der Waals surface area contributed by atoms with E-state index >= 15 is 0 Å². The molecule has 2 aromatic rings. The van der Waals surface area contributed by atoms with Crippen LogP contribution in [0.25, 0.3) is 0 Å². The second-order valence-electron chi connectivity index (χ2n) is 4.09. The monoisotopic (exact) mass is 276 g/mol. The lowest BCUT2D eigenvalue weighted by Crippen LogP contribution is -2.24. The third-order valence-corrected chi connectivity index (χ3v) is 2.57. The van der Waals surface area contributed by atoms with Crippen LogP contribution in [0.5, 0.6) is 0 Å². The van der Waals surface area contributed by atoms with Gasteiger partial charge in [-0.05, 0) is 0 Å². The highest BCUT2D eigenvalue weighted by atomic mass is 16.6. The molecule has 0 unspecified atom stereocenters. The van der Waals surface area contributed by atoms with Gasteiger partial charge in [-0.1, -0.05) is 0 Å². The molecular weight excluding hydrogens is 264 g/mol. The van der Waals surface area contributed by atoms with E-state index in [1.807, 2.05) is 0 Å². The first-order valence-electron chi connectivity index (χ1n) is 5.63. The number of anilines is 1. The van der Waals surface area contributed by atoms with Gasteiger partial charge in [-0.15, -0.1) is 0 Å². The van der Waals surface area contributed by atoms with E-state index < -0.39 is 10.8 Å². The predicted molar refractivity (Wildman–Crippen MR) is 69.7 cm³/mol. The summed E-state index contributed by atoms with van der Waals surface area (Å²) < 4.78 is 1.60. The molecule has 0 atom stereocenters. The number of hydrogen-bond acceptors (Lipinski definition) is 6. The number of aromatic nitrogens is 3. The number of nitro groups is 1. The summed E-state index contributed by atoms with van der Waals surface area (Å²) in [6.45, 7) is 0.245. The number of pyridine rings is 1. The average molecular weight is 276 g/mol. The fourth-order valence-electron chi connectivity index (χ4n) is 1.59. The maximum atomic E-state index is 11.9. The minimum Gasteiger partial charge on any atom is -0.383 e. The zero-order valence-corrected chi connectivity index (χ0v) is 10.6. The first-order chi connectivity index (χ1) is 9.47. The number of amides is 1. The predicted octanol–water partition coefficient (Wildman–Crippen LogP) is 0.235. The third kappa shape index (κ3) is 2.88. The standard InChI is InChI=1S/C11H12N6O3/c1-16-6-7(4-15-16)3-14-11(18)9-2-8(17(19)20)5-13-10(9)12/h2,4-6H,3H2,1H3,(H2,12,13)(H,14,18). The van der Waals surface area contributed by atoms with E-state index in [1.54, 1.807) is 24.1 Å². The molecule has 1 amide bonds. The molecule has 2 heterocycles. The molecule has 0 aromatic carbocycles. The van der Waals surface area contributed by atoms with Crippen LogP contribution in [-0.4, -0.2) is 25.6 Å². The van der Waals surface area contributed by atoms with Crippen molar-refractivity contribution in [2.75, 3.05) is 5.73 Å². The van der Waals surface area contributed by atoms with Gasteiger partial charge >= 0.3 is 0 Å². The molecule has 0 saturated carbocycles. The first-order valence-corrected chi connectivity index (χ1v) is 5.63. The molecule has 2 aromatic heterocycles. The Morgan fingerprint density at radius 3 is 2.90 bits per heavy atom. The Balaban J connectivity index is 2.12. The summed E-state index contributed by atoms with van der Waals surface area (Å²) in [4.78, 5) is 25.6. The summed E-state index contributed by atoms with van der Waals surface area (Å²) in [5.41, 5.74) is 6.04. The quantitative estimate of drug-likeness (QED) is 0.607. The van der Waals surface area contributed by atoms with Crippen molar-refractivity contribution in [3.05, 3.63) is 45.9 Å². The molecule has 0 radical (unpaired) electrons. The topological polar surface area (TPSA) is 129 Å². The van der Waals surface area contributed by atoms with Gasteiger partial charge in [-0.2, -0.15) is 5.10 Å². The molecule has 0 bridgehead atoms. The van der Waals surface area contributed by atoms with Crippen molar-refractivity contribution < 1.29 is 9.72 Å². The number of carbonyl (C=O) groups excluding carboxylic acids is 1. The van der Waals surface area contributed by atoms with Crippen LogP contribution >= 0.6 is 0 Å². The zero-order valence-electron chi connectivity index (χ0n) is 10.6. The smallest absolute Gasteiger partial charge is 0.288 e. The van der Waals surface area contributed by atoms with Crippen LogP contribution in [-0.2, 0) is 13.6 Å². The van der Waals surface area contributed by atoms with Crippen LogP contribution in [0.4, 0.5) is 11.5 Å². The number of hydrogen-bond donors (Lipinski definition) is 2. The molecule has 0 fully saturated rings. The van der Waals surface area contributed by atoms with Crippen molar-refractivity contribution in [3.8, 4) is 0 Å². The highest BCUT2D eigenvalue weighted by molar-refractivity contribution is 5.98. The van der Waals surface area contributed by atoms with Crippen molar-refractivity contribution >= 4 is 17.4 Å². The second kappa shape index (κ2) is 5.34. The van der Waals surface area contributed by atoms with Gasteiger partial charge in [-0.25, -0.2) is 4.98 Å². The Hall–Kier alpha value is -2.97. The molecular formula is C11H12N6O3. The molecule has 20 heavy (non-hydrogen) atoms. The molecule has 104 valence electrons. The number of carbonyl (C=O) groups is 1. The van der Waals surface area contributed by atoms with Gasteiger partial charge in [0, 0.05) is 31.4 Å². The van der Waals surface area contributed by atoms with E-state index in [4.69, 9.17) is 5.73 Å². The van der Waals surface area contributed by atoms with Gasteiger partial charge in [0.2, 0.25) is 0 Å². The molecule has 3 N–H and O–H groups in total. The molecule has 0 saturated heterocycles. The van der Waals surface area contributed by atoms with E-state index in [2.05, 4.69) is 15.4 Å². The summed E-state index contributed by atoms with van der Waals surface area (Å²) >= 11 is 0. The number of nitrogens with zero attached hydrogens (tertiary/aromatic N) is 4. The summed E-state index contributed by atoms with van der Waals surface area (Å²) in [7, 11) is 1.76. The Labute approximate surface area is 113 Å². The lowest BCUT2D eigenvalue weighted by atomic mass is 10.2. The van der Waals surface area contributed by atoms with Crippen LogP contribution in [0.1, 0.15) is 15.9 Å². The Morgan fingerprint density at radius 1 is 1.55 bits per heavy atom. The summed E-state index contributed by atoms with van der Waals surface area (Å²) in [5.74, 6) is -0.582. The van der Waals surface area contributed by atoms with Gasteiger partial charge in [0.05, 0.1) is 16.7 Å². The third-order valence-electron chi connectivity index (χ3n) is 2.57. The highest BCUT2D eigenvalue weighted by Crippen LogP contribution is 2.16. The highest BCUT2D eigenvalue weighted by Gasteiger charge is 2.16. The number of nitrogens with two attached hydrogens (primary N) is 1. The van der Waals surface area contributed by atoms with Gasteiger partial charge < -0.3 is 11.1 Å². The van der Waals surface area contributed by atoms with E-state index in [-0.39, 0.29) is 23.6 Å². The molecule has 0 aliphatic rings. The van der Waals surface area contributed by atoms with Crippen LogP contribution in [0, 0.1) is 10.1 Å². The molecule has 9 nitrogen and oxygen atoms in total. The summed E-state index contributed by atoms with van der Waals surface area (Å²) in [6, 6.07) is 1.10. The first kappa shape index (κ1) is 13.5. The minimum atomic E-state index is -0.635. The summed E-state index contributed by atoms with van der Waals surface area (Å²) in [5, 5.41) is 17.2. The normalized spacial score (nSPS) is 10.2. The Bertz CT molecular complexity index is 666. The fraction of sp³-hybridized carbons (Fsp3) is 0.182. The van der Waals surface area contributed by atoms with Crippen molar-refractivity contribution in [2.45, 2.75) is 6.54 Å². The molecule has 0 aliphatic heterocycles. The Kier molecular flexibility index (Phi) is 3.60. The van der Waals surface area contributed by atoms with E-state index in [9.17, 15) is 14.9 Å². The number of nitrogen functional groups attached to an aromatic ring is 1. The van der Waals surface area contributed by atoms with Crippen LogP contribution in [0.2, 0.25) is 0 Å². The molecule has 2 rings (SSSR count). The van der Waals surface area contributed by atoms with Crippen LogP contribution in [0.3, 0.4) is 0 Å². The van der Waals surface area contributed by atoms with Crippen LogP contribution in [0.15, 0.2) is 24.7 Å². The van der Waals surface area contributed by atoms with Crippen LogP contribution < -0.4 is 11.1 Å². The van der Waals surface area contributed by atoms with E-state index in [1.165, 1.54) is 0 Å². The van der Waals surface area contributed by atoms with Crippen molar-refractivity contribution in [1.82, 2.24) is 20.1 Å². The maximum Gasteiger partial charge on any atom is 0.288 e. The van der Waals surface area contributed by atoms with Gasteiger partial charge in [0.25, 0.3) is 11.6 Å². The SMILES string of the molecule is Cn1cc(CNC(=O)c2cc([N+](=O)[O-])cnc2N)cn1. The Morgan fingerprint density at radius 2 is 2.30 bits per heavy atom. The largest absolute Gasteiger partial charge is 0.383 e.